The molecule has 0 saturated carbocycles. The van der Waals surface area contributed by atoms with Crippen LogP contribution in [0.25, 0.3) is 0 Å². The van der Waals surface area contributed by atoms with E-state index in [0.717, 1.165) is 0 Å². The number of anilines is 3. The number of carbonyl (C=O) groups is 4. The molecule has 2 N–H and O–H groups in total. The maximum atomic E-state index is 12.4. The van der Waals surface area contributed by atoms with Gasteiger partial charge in [0.05, 0.1) is 18.4 Å². The van der Waals surface area contributed by atoms with Crippen LogP contribution < -0.4 is 15.5 Å². The number of nitrogens with zero attached hydrogens (tertiary/aromatic N) is 1. The maximum absolute atomic E-state index is 12.4. The highest BCUT2D eigenvalue weighted by atomic mass is 16.5. The van der Waals surface area contributed by atoms with Gasteiger partial charge in [-0.1, -0.05) is 12.1 Å². The average Bonchev–Trinajstić information content (AvgIpc) is 2.68. The molecule has 3 amide bonds. The summed E-state index contributed by atoms with van der Waals surface area (Å²) in [6.45, 7) is 2.97. The number of ether oxygens (including phenoxy) is 1. The largest absolute Gasteiger partial charge is 0.465 e. The number of hydrogen-bond acceptors (Lipinski definition) is 5. The zero-order valence-corrected chi connectivity index (χ0v) is 16.5. The van der Waals surface area contributed by atoms with Gasteiger partial charge in [0.2, 0.25) is 17.7 Å². The normalized spacial score (nSPS) is 10.0. The van der Waals surface area contributed by atoms with Crippen molar-refractivity contribution in [3.63, 3.8) is 0 Å². The molecule has 29 heavy (non-hydrogen) atoms. The number of hydrogen-bond donors (Lipinski definition) is 2. The van der Waals surface area contributed by atoms with Crippen molar-refractivity contribution in [1.29, 1.82) is 0 Å². The molecule has 2 rings (SSSR count). The topological polar surface area (TPSA) is 105 Å². The van der Waals surface area contributed by atoms with E-state index in [2.05, 4.69) is 10.6 Å². The van der Waals surface area contributed by atoms with Crippen LogP contribution in [0.2, 0.25) is 0 Å². The van der Waals surface area contributed by atoms with Gasteiger partial charge in [-0.2, -0.15) is 0 Å². The summed E-state index contributed by atoms with van der Waals surface area (Å²) >= 11 is 0. The minimum atomic E-state index is -0.550. The van der Waals surface area contributed by atoms with Gasteiger partial charge in [-0.3, -0.25) is 14.4 Å². The molecule has 0 fully saturated rings. The number of carbonyl (C=O) groups excluding carboxylic acids is 4. The molecular formula is C21H23N3O5. The lowest BCUT2D eigenvalue weighted by atomic mass is 10.1. The van der Waals surface area contributed by atoms with Crippen LogP contribution in [0.5, 0.6) is 0 Å². The molecule has 8 heteroatoms. The van der Waals surface area contributed by atoms with Crippen molar-refractivity contribution >= 4 is 40.8 Å². The fourth-order valence-corrected chi connectivity index (χ4v) is 2.70. The predicted molar refractivity (Wildman–Crippen MR) is 110 cm³/mol. The Morgan fingerprint density at radius 1 is 0.931 bits per heavy atom. The van der Waals surface area contributed by atoms with Crippen LogP contribution in [-0.4, -0.2) is 37.3 Å². The van der Waals surface area contributed by atoms with Crippen molar-refractivity contribution in [2.75, 3.05) is 29.2 Å². The van der Waals surface area contributed by atoms with Crippen molar-refractivity contribution in [2.45, 2.75) is 20.3 Å². The van der Waals surface area contributed by atoms with Gasteiger partial charge in [-0.15, -0.1) is 0 Å². The van der Waals surface area contributed by atoms with Crippen LogP contribution in [-0.2, 0) is 19.1 Å². The first kappa shape index (κ1) is 21.6. The summed E-state index contributed by atoms with van der Waals surface area (Å²) in [4.78, 5) is 48.7. The van der Waals surface area contributed by atoms with Crippen LogP contribution in [0.3, 0.4) is 0 Å². The van der Waals surface area contributed by atoms with E-state index in [4.69, 9.17) is 4.74 Å². The molecular weight excluding hydrogens is 374 g/mol. The average molecular weight is 397 g/mol. The second kappa shape index (κ2) is 10.0. The molecule has 8 nitrogen and oxygen atoms in total. The standard InChI is InChI=1S/C21H23N3O5/c1-14(25)22-16-8-10-17(11-9-16)24(15(2)26)13-12-20(27)23-19-7-5-4-6-18(19)21(28)29-3/h4-11H,12-13H2,1-3H3,(H,22,25)(H,23,27). The van der Waals surface area contributed by atoms with Crippen molar-refractivity contribution < 1.29 is 23.9 Å². The molecule has 0 radical (unpaired) electrons. The number of para-hydroxylation sites is 1. The van der Waals surface area contributed by atoms with E-state index in [-0.39, 0.29) is 36.3 Å². The molecule has 0 spiro atoms. The van der Waals surface area contributed by atoms with Gasteiger partial charge in [-0.25, -0.2) is 4.79 Å². The molecule has 0 aliphatic rings. The lowest BCUT2D eigenvalue weighted by molar-refractivity contribution is -0.117. The van der Waals surface area contributed by atoms with E-state index >= 15 is 0 Å². The summed E-state index contributed by atoms with van der Waals surface area (Å²) < 4.78 is 4.71. The Bertz CT molecular complexity index is 909. The molecule has 152 valence electrons. The summed E-state index contributed by atoms with van der Waals surface area (Å²) in [5.74, 6) is -1.31. The number of nitrogens with one attached hydrogen (secondary N) is 2. The second-order valence-electron chi connectivity index (χ2n) is 6.23. The molecule has 0 aliphatic heterocycles. The zero-order valence-electron chi connectivity index (χ0n) is 16.5. The Morgan fingerprint density at radius 3 is 2.17 bits per heavy atom. The molecule has 2 aromatic carbocycles. The van der Waals surface area contributed by atoms with Crippen LogP contribution in [0.15, 0.2) is 48.5 Å². The predicted octanol–water partition coefficient (Wildman–Crippen LogP) is 2.81. The van der Waals surface area contributed by atoms with Gasteiger partial charge in [0.15, 0.2) is 0 Å². The van der Waals surface area contributed by atoms with Crippen molar-refractivity contribution in [3.05, 3.63) is 54.1 Å². The first-order valence-corrected chi connectivity index (χ1v) is 8.94. The highest BCUT2D eigenvalue weighted by Crippen LogP contribution is 2.20. The Balaban J connectivity index is 2.04. The summed E-state index contributed by atoms with van der Waals surface area (Å²) in [5, 5.41) is 5.33. The van der Waals surface area contributed by atoms with Gasteiger partial charge < -0.3 is 20.3 Å². The molecule has 0 aliphatic carbocycles. The van der Waals surface area contributed by atoms with Gasteiger partial charge in [0, 0.05) is 38.2 Å². The first-order valence-electron chi connectivity index (χ1n) is 8.94. The second-order valence-corrected chi connectivity index (χ2v) is 6.23. The Labute approximate surface area is 168 Å². The molecule has 0 bridgehead atoms. The molecule has 0 heterocycles. The molecule has 0 unspecified atom stereocenters. The molecule has 0 aromatic heterocycles. The van der Waals surface area contributed by atoms with Crippen LogP contribution in [0.1, 0.15) is 30.6 Å². The third-order valence-corrected chi connectivity index (χ3v) is 4.05. The Kier molecular flexibility index (Phi) is 7.47. The number of amides is 3. The third-order valence-electron chi connectivity index (χ3n) is 4.05. The molecule has 2 aromatic rings. The van der Waals surface area contributed by atoms with Gasteiger partial charge >= 0.3 is 5.97 Å². The quantitative estimate of drug-likeness (QED) is 0.699. The van der Waals surface area contributed by atoms with E-state index in [1.807, 2.05) is 0 Å². The minimum Gasteiger partial charge on any atom is -0.465 e. The number of rotatable bonds is 7. The third kappa shape index (κ3) is 6.17. The fourth-order valence-electron chi connectivity index (χ4n) is 2.70. The van der Waals surface area contributed by atoms with E-state index in [1.54, 1.807) is 48.5 Å². The minimum absolute atomic E-state index is 0.0303. The monoisotopic (exact) mass is 397 g/mol. The number of methoxy groups -OCH3 is 1. The van der Waals surface area contributed by atoms with E-state index in [0.29, 0.717) is 17.1 Å². The number of esters is 1. The van der Waals surface area contributed by atoms with Gasteiger partial charge in [0.1, 0.15) is 0 Å². The van der Waals surface area contributed by atoms with Crippen LogP contribution >= 0.6 is 0 Å². The van der Waals surface area contributed by atoms with Crippen molar-refractivity contribution in [2.24, 2.45) is 0 Å². The van der Waals surface area contributed by atoms with Crippen molar-refractivity contribution in [3.8, 4) is 0 Å². The van der Waals surface area contributed by atoms with Crippen LogP contribution in [0.4, 0.5) is 17.1 Å². The summed E-state index contributed by atoms with van der Waals surface area (Å²) in [6, 6.07) is 13.3. The fraction of sp³-hybridized carbons (Fsp3) is 0.238. The molecule has 0 atom stereocenters. The summed E-state index contributed by atoms with van der Waals surface area (Å²) in [5.41, 5.74) is 1.81. The van der Waals surface area contributed by atoms with Gasteiger partial charge in [-0.05, 0) is 36.4 Å². The summed E-state index contributed by atoms with van der Waals surface area (Å²) in [6.07, 6.45) is 0.0303. The highest BCUT2D eigenvalue weighted by Gasteiger charge is 2.16. The maximum Gasteiger partial charge on any atom is 0.339 e. The number of benzene rings is 2. The Morgan fingerprint density at radius 2 is 1.59 bits per heavy atom. The smallest absolute Gasteiger partial charge is 0.339 e. The highest BCUT2D eigenvalue weighted by molar-refractivity contribution is 6.01. The van der Waals surface area contributed by atoms with Gasteiger partial charge in [0.25, 0.3) is 0 Å². The lowest BCUT2D eigenvalue weighted by Gasteiger charge is -2.21. The first-order chi connectivity index (χ1) is 13.8. The summed E-state index contributed by atoms with van der Waals surface area (Å²) in [7, 11) is 1.27. The lowest BCUT2D eigenvalue weighted by Crippen LogP contribution is -2.32. The SMILES string of the molecule is COC(=O)c1ccccc1NC(=O)CCN(C(C)=O)c1ccc(NC(C)=O)cc1. The van der Waals surface area contributed by atoms with E-state index < -0.39 is 5.97 Å². The molecule has 0 saturated heterocycles. The zero-order chi connectivity index (χ0) is 21.4. The van der Waals surface area contributed by atoms with Crippen LogP contribution in [0, 0.1) is 0 Å². The Hall–Kier alpha value is -3.68. The van der Waals surface area contributed by atoms with E-state index in [9.17, 15) is 19.2 Å². The van der Waals surface area contributed by atoms with Crippen molar-refractivity contribution in [1.82, 2.24) is 0 Å². The van der Waals surface area contributed by atoms with E-state index in [1.165, 1.54) is 25.9 Å².